The molecule has 2 amide bonds. The van der Waals surface area contributed by atoms with Crippen molar-refractivity contribution in [3.63, 3.8) is 0 Å². The van der Waals surface area contributed by atoms with E-state index in [0.29, 0.717) is 6.54 Å². The summed E-state index contributed by atoms with van der Waals surface area (Å²) in [6.07, 6.45) is 0. The van der Waals surface area contributed by atoms with Gasteiger partial charge in [-0.05, 0) is 17.7 Å². The van der Waals surface area contributed by atoms with Gasteiger partial charge in [0, 0.05) is 19.0 Å². The van der Waals surface area contributed by atoms with Crippen LogP contribution in [-0.2, 0) is 16.1 Å². The molecule has 0 bridgehead atoms. The fourth-order valence-electron chi connectivity index (χ4n) is 1.69. The minimum atomic E-state index is -2.86. The minimum Gasteiger partial charge on any atom is -0.435 e. The van der Waals surface area contributed by atoms with E-state index >= 15 is 0 Å². The van der Waals surface area contributed by atoms with Crippen LogP contribution in [-0.4, -0.2) is 36.9 Å². The van der Waals surface area contributed by atoms with Gasteiger partial charge in [-0.3, -0.25) is 9.59 Å². The van der Waals surface area contributed by atoms with E-state index < -0.39 is 12.0 Å². The number of carbonyl (C=O) groups is 2. The van der Waals surface area contributed by atoms with Crippen molar-refractivity contribution in [3.8, 4) is 5.75 Å². The lowest BCUT2D eigenvalue weighted by atomic mass is 9.96. The van der Waals surface area contributed by atoms with Crippen molar-refractivity contribution < 1.29 is 23.1 Å². The third kappa shape index (κ3) is 6.63. The quantitative estimate of drug-likeness (QED) is 0.872. The van der Waals surface area contributed by atoms with Gasteiger partial charge in [0.15, 0.2) is 0 Å². The van der Waals surface area contributed by atoms with Gasteiger partial charge in [0.2, 0.25) is 11.8 Å². The number of carbonyl (C=O) groups excluding carboxylic acids is 2. The van der Waals surface area contributed by atoms with Crippen molar-refractivity contribution in [3.05, 3.63) is 29.8 Å². The molecule has 0 saturated heterocycles. The zero-order valence-corrected chi connectivity index (χ0v) is 13.7. The van der Waals surface area contributed by atoms with Crippen molar-refractivity contribution in [1.29, 1.82) is 0 Å². The number of hydrogen-bond acceptors (Lipinski definition) is 3. The van der Waals surface area contributed by atoms with E-state index in [2.05, 4.69) is 10.1 Å². The first-order valence-electron chi connectivity index (χ1n) is 7.15. The lowest BCUT2D eigenvalue weighted by molar-refractivity contribution is -0.134. The molecule has 0 aliphatic rings. The maximum absolute atomic E-state index is 12.1. The third-order valence-corrected chi connectivity index (χ3v) is 3.08. The number of alkyl halides is 2. The van der Waals surface area contributed by atoms with Gasteiger partial charge in [-0.15, -0.1) is 0 Å². The number of nitrogens with zero attached hydrogens (tertiary/aromatic N) is 1. The topological polar surface area (TPSA) is 58.6 Å². The van der Waals surface area contributed by atoms with Gasteiger partial charge in [0.05, 0.1) is 6.54 Å². The van der Waals surface area contributed by atoms with E-state index in [1.165, 1.54) is 17.0 Å². The van der Waals surface area contributed by atoms with Gasteiger partial charge in [0.1, 0.15) is 5.75 Å². The molecule has 0 aromatic heterocycles. The molecule has 128 valence electrons. The summed E-state index contributed by atoms with van der Waals surface area (Å²) < 4.78 is 28.4. The fraction of sp³-hybridized carbons (Fsp3) is 0.500. The molecule has 5 nitrogen and oxygen atoms in total. The van der Waals surface area contributed by atoms with Crippen LogP contribution in [0.5, 0.6) is 5.75 Å². The van der Waals surface area contributed by atoms with Crippen LogP contribution in [0.25, 0.3) is 0 Å². The largest absolute Gasteiger partial charge is 0.435 e. The number of halogens is 2. The van der Waals surface area contributed by atoms with Crippen molar-refractivity contribution in [1.82, 2.24) is 10.2 Å². The summed E-state index contributed by atoms with van der Waals surface area (Å²) in [6, 6.07) is 6.05. The van der Waals surface area contributed by atoms with Crippen LogP contribution >= 0.6 is 0 Å². The molecule has 0 radical (unpaired) electrons. The summed E-state index contributed by atoms with van der Waals surface area (Å²) in [7, 11) is 1.61. The Kier molecular flexibility index (Phi) is 6.48. The second-order valence-electron chi connectivity index (χ2n) is 6.20. The van der Waals surface area contributed by atoms with Crippen molar-refractivity contribution in [2.24, 2.45) is 5.41 Å². The molecule has 23 heavy (non-hydrogen) atoms. The maximum atomic E-state index is 12.1. The van der Waals surface area contributed by atoms with Crippen LogP contribution in [0, 0.1) is 5.41 Å². The molecule has 0 fully saturated rings. The molecule has 0 aliphatic carbocycles. The predicted molar refractivity (Wildman–Crippen MR) is 82.0 cm³/mol. The first-order chi connectivity index (χ1) is 10.6. The van der Waals surface area contributed by atoms with Gasteiger partial charge in [-0.1, -0.05) is 32.9 Å². The second-order valence-corrected chi connectivity index (χ2v) is 6.20. The molecule has 0 heterocycles. The zero-order valence-electron chi connectivity index (χ0n) is 13.7. The highest BCUT2D eigenvalue weighted by Crippen LogP contribution is 2.16. The van der Waals surface area contributed by atoms with E-state index in [0.717, 1.165) is 5.56 Å². The second kappa shape index (κ2) is 7.89. The first kappa shape index (κ1) is 18.9. The van der Waals surface area contributed by atoms with Crippen molar-refractivity contribution in [2.45, 2.75) is 33.9 Å². The Hall–Kier alpha value is -2.18. The average molecular weight is 328 g/mol. The monoisotopic (exact) mass is 328 g/mol. The summed E-state index contributed by atoms with van der Waals surface area (Å²) in [5.74, 6) is -0.376. The third-order valence-electron chi connectivity index (χ3n) is 3.08. The number of benzene rings is 1. The Bertz CT molecular complexity index is 539. The maximum Gasteiger partial charge on any atom is 0.387 e. The average Bonchev–Trinajstić information content (AvgIpc) is 2.44. The van der Waals surface area contributed by atoms with E-state index in [9.17, 15) is 18.4 Å². The number of likely N-dealkylation sites (N-methyl/N-ethyl adjacent to an activating group) is 1. The minimum absolute atomic E-state index is 0.0650. The highest BCUT2D eigenvalue weighted by molar-refractivity contribution is 5.87. The normalized spacial score (nSPS) is 11.3. The van der Waals surface area contributed by atoms with Crippen LogP contribution < -0.4 is 10.1 Å². The van der Waals surface area contributed by atoms with E-state index in [1.807, 2.05) is 0 Å². The van der Waals surface area contributed by atoms with Gasteiger partial charge >= 0.3 is 6.61 Å². The summed E-state index contributed by atoms with van der Waals surface area (Å²) in [4.78, 5) is 25.1. The number of ether oxygens (including phenoxy) is 1. The Morgan fingerprint density at radius 2 is 1.78 bits per heavy atom. The van der Waals surface area contributed by atoms with E-state index in [1.54, 1.807) is 40.0 Å². The molecule has 0 spiro atoms. The van der Waals surface area contributed by atoms with Crippen LogP contribution in [0.4, 0.5) is 8.78 Å². The number of nitrogens with one attached hydrogen (secondary N) is 1. The first-order valence-corrected chi connectivity index (χ1v) is 7.15. The summed E-state index contributed by atoms with van der Waals surface area (Å²) in [5, 5.41) is 2.59. The molecular formula is C16H22F2N2O3. The lowest BCUT2D eigenvalue weighted by Gasteiger charge is -2.21. The smallest absolute Gasteiger partial charge is 0.387 e. The molecule has 1 rings (SSSR count). The van der Waals surface area contributed by atoms with Gasteiger partial charge in [-0.25, -0.2) is 0 Å². The Labute approximate surface area is 134 Å². The van der Waals surface area contributed by atoms with Crippen molar-refractivity contribution in [2.75, 3.05) is 13.6 Å². The molecule has 1 aromatic carbocycles. The van der Waals surface area contributed by atoms with Crippen LogP contribution in [0.1, 0.15) is 26.3 Å². The van der Waals surface area contributed by atoms with E-state index in [4.69, 9.17) is 0 Å². The molecular weight excluding hydrogens is 306 g/mol. The number of amides is 2. The highest BCUT2D eigenvalue weighted by atomic mass is 19.3. The Morgan fingerprint density at radius 3 is 2.26 bits per heavy atom. The van der Waals surface area contributed by atoms with Crippen LogP contribution in [0.3, 0.4) is 0 Å². The highest BCUT2D eigenvalue weighted by Gasteiger charge is 2.22. The fourth-order valence-corrected chi connectivity index (χ4v) is 1.69. The molecule has 1 N–H and O–H groups in total. The van der Waals surface area contributed by atoms with Gasteiger partial charge < -0.3 is 15.0 Å². The summed E-state index contributed by atoms with van der Waals surface area (Å²) in [6.45, 7) is 2.65. The Balaban J connectivity index is 2.50. The van der Waals surface area contributed by atoms with Crippen LogP contribution in [0.15, 0.2) is 24.3 Å². The van der Waals surface area contributed by atoms with Crippen molar-refractivity contribution >= 4 is 11.8 Å². The van der Waals surface area contributed by atoms with E-state index in [-0.39, 0.29) is 24.1 Å². The standard InChI is InChI=1S/C16H22F2N2O3/c1-16(2,3)14(22)19-9-13(21)20(4)10-11-5-7-12(8-6-11)23-15(17)18/h5-8,15H,9-10H2,1-4H3,(H,19,22). The molecule has 0 unspecified atom stereocenters. The molecule has 0 aliphatic heterocycles. The van der Waals surface area contributed by atoms with Gasteiger partial charge in [-0.2, -0.15) is 8.78 Å². The van der Waals surface area contributed by atoms with Crippen LogP contribution in [0.2, 0.25) is 0 Å². The lowest BCUT2D eigenvalue weighted by Crippen LogP contribution is -2.42. The summed E-state index contributed by atoms with van der Waals surface area (Å²) in [5.41, 5.74) is 0.212. The Morgan fingerprint density at radius 1 is 1.22 bits per heavy atom. The zero-order chi connectivity index (χ0) is 17.6. The SMILES string of the molecule is CN(Cc1ccc(OC(F)F)cc1)C(=O)CNC(=O)C(C)(C)C. The number of hydrogen-bond donors (Lipinski definition) is 1. The number of rotatable bonds is 6. The van der Waals surface area contributed by atoms with Gasteiger partial charge in [0.25, 0.3) is 0 Å². The molecule has 0 saturated carbocycles. The molecule has 0 atom stereocenters. The summed E-state index contributed by atoms with van der Waals surface area (Å²) >= 11 is 0. The predicted octanol–water partition coefficient (Wildman–Crippen LogP) is 2.41. The molecule has 7 heteroatoms. The molecule has 1 aromatic rings.